The molecule has 0 bridgehead atoms. The minimum Gasteiger partial charge on any atom is -0.356 e. The van der Waals surface area contributed by atoms with Crippen molar-refractivity contribution in [2.24, 2.45) is 4.99 Å². The zero-order valence-electron chi connectivity index (χ0n) is 12.8. The Morgan fingerprint density at radius 2 is 1.50 bits per heavy atom. The number of hydrogen-bond donors (Lipinski definition) is 2. The lowest BCUT2D eigenvalue weighted by Crippen LogP contribution is -2.39. The highest BCUT2D eigenvalue weighted by Gasteiger charge is 2.29. The summed E-state index contributed by atoms with van der Waals surface area (Å²) in [4.78, 5) is 3.76. The molecule has 0 saturated carbocycles. The largest absolute Gasteiger partial charge is 0.416 e. The molecule has 0 saturated heterocycles. The highest BCUT2D eigenvalue weighted by molar-refractivity contribution is 14.0. The van der Waals surface area contributed by atoms with E-state index >= 15 is 0 Å². The molecule has 0 aromatic heterocycles. The van der Waals surface area contributed by atoms with Crippen LogP contribution in [0.4, 0.5) is 26.3 Å². The molecule has 10 heteroatoms. The molecule has 0 aliphatic carbocycles. The third-order valence-electron chi connectivity index (χ3n) is 2.91. The van der Waals surface area contributed by atoms with Gasteiger partial charge in [-0.05, 0) is 24.1 Å². The summed E-state index contributed by atoms with van der Waals surface area (Å²) in [6, 6.07) is 4.71. The molecule has 2 N–H and O–H groups in total. The van der Waals surface area contributed by atoms with Gasteiger partial charge >= 0.3 is 12.4 Å². The fourth-order valence-corrected chi connectivity index (χ4v) is 1.73. The first kappa shape index (κ1) is 22.8. The van der Waals surface area contributed by atoms with Gasteiger partial charge in [-0.2, -0.15) is 26.3 Å². The quantitative estimate of drug-likeness (QED) is 0.296. The van der Waals surface area contributed by atoms with E-state index in [0.29, 0.717) is 18.5 Å². The highest BCUT2D eigenvalue weighted by atomic mass is 127. The van der Waals surface area contributed by atoms with Crippen molar-refractivity contribution in [1.82, 2.24) is 10.6 Å². The normalized spacial score (nSPS) is 12.5. The maximum absolute atomic E-state index is 12.4. The Labute approximate surface area is 152 Å². The standard InChI is InChI=1S/C14H17F6N3.HI/c1-21-12(23-9-7-13(15,16)17)22-8-6-10-2-4-11(5-3-10)14(18,19)20;/h2-5H,6-9H2,1H3,(H2,21,22,23);1H. The maximum Gasteiger partial charge on any atom is 0.416 e. The molecule has 24 heavy (non-hydrogen) atoms. The molecular weight excluding hydrogens is 451 g/mol. The van der Waals surface area contributed by atoms with Crippen molar-refractivity contribution >= 4 is 29.9 Å². The van der Waals surface area contributed by atoms with E-state index in [1.807, 2.05) is 0 Å². The molecule has 0 radical (unpaired) electrons. The number of aliphatic imine (C=N–C) groups is 1. The SMILES string of the molecule is CN=C(NCCc1ccc(C(F)(F)F)cc1)NCCC(F)(F)F.I. The molecule has 0 atom stereocenters. The van der Waals surface area contributed by atoms with E-state index < -0.39 is 24.3 Å². The molecule has 0 spiro atoms. The first-order chi connectivity index (χ1) is 10.6. The van der Waals surface area contributed by atoms with E-state index in [2.05, 4.69) is 15.6 Å². The third-order valence-corrected chi connectivity index (χ3v) is 2.91. The monoisotopic (exact) mass is 469 g/mol. The lowest BCUT2D eigenvalue weighted by Gasteiger charge is -2.13. The van der Waals surface area contributed by atoms with Crippen molar-refractivity contribution in [1.29, 1.82) is 0 Å². The van der Waals surface area contributed by atoms with Crippen LogP contribution in [0.25, 0.3) is 0 Å². The second-order valence-electron chi connectivity index (χ2n) is 4.74. The summed E-state index contributed by atoms with van der Waals surface area (Å²) in [5.41, 5.74) is -0.0462. The summed E-state index contributed by atoms with van der Waals surface area (Å²) in [5.74, 6) is 0.209. The minimum absolute atomic E-state index is 0. The molecule has 0 fully saturated rings. The van der Waals surface area contributed by atoms with Gasteiger partial charge in [0.25, 0.3) is 0 Å². The molecule has 1 aromatic carbocycles. The van der Waals surface area contributed by atoms with Gasteiger partial charge in [-0.25, -0.2) is 0 Å². The van der Waals surface area contributed by atoms with E-state index in [4.69, 9.17) is 0 Å². The molecule has 138 valence electrons. The van der Waals surface area contributed by atoms with E-state index in [1.165, 1.54) is 19.2 Å². The van der Waals surface area contributed by atoms with E-state index in [-0.39, 0.29) is 36.5 Å². The highest BCUT2D eigenvalue weighted by Crippen LogP contribution is 2.29. The van der Waals surface area contributed by atoms with Gasteiger partial charge in [0.2, 0.25) is 0 Å². The zero-order valence-corrected chi connectivity index (χ0v) is 15.1. The van der Waals surface area contributed by atoms with Gasteiger partial charge in [-0.1, -0.05) is 12.1 Å². The molecule has 0 aliphatic heterocycles. The van der Waals surface area contributed by atoms with Crippen molar-refractivity contribution in [3.63, 3.8) is 0 Å². The lowest BCUT2D eigenvalue weighted by atomic mass is 10.1. The Balaban J connectivity index is 0.00000529. The summed E-state index contributed by atoms with van der Waals surface area (Å²) in [6.07, 6.45) is -9.18. The molecule has 1 rings (SSSR count). The number of nitrogens with zero attached hydrogens (tertiary/aromatic N) is 1. The van der Waals surface area contributed by atoms with Crippen LogP contribution in [0.15, 0.2) is 29.3 Å². The van der Waals surface area contributed by atoms with Crippen LogP contribution in [0, 0.1) is 0 Å². The maximum atomic E-state index is 12.4. The zero-order chi connectivity index (χ0) is 17.5. The molecule has 0 amide bonds. The molecule has 0 unspecified atom stereocenters. The number of benzene rings is 1. The average molecular weight is 469 g/mol. The summed E-state index contributed by atoms with van der Waals surface area (Å²) < 4.78 is 73.3. The Morgan fingerprint density at radius 3 is 1.96 bits per heavy atom. The van der Waals surface area contributed by atoms with Crippen LogP contribution in [-0.4, -0.2) is 32.3 Å². The number of alkyl halides is 6. The predicted molar refractivity (Wildman–Crippen MR) is 90.6 cm³/mol. The van der Waals surface area contributed by atoms with Crippen LogP contribution in [0.3, 0.4) is 0 Å². The Kier molecular flexibility index (Phi) is 9.45. The van der Waals surface area contributed by atoms with Gasteiger partial charge in [0.05, 0.1) is 12.0 Å². The predicted octanol–water partition coefficient (Wildman–Crippen LogP) is 3.98. The Hall–Kier alpha value is -1.20. The van der Waals surface area contributed by atoms with Crippen LogP contribution in [0.1, 0.15) is 17.5 Å². The van der Waals surface area contributed by atoms with E-state index in [1.54, 1.807) is 0 Å². The van der Waals surface area contributed by atoms with Crippen LogP contribution in [0.2, 0.25) is 0 Å². The van der Waals surface area contributed by atoms with Crippen LogP contribution < -0.4 is 10.6 Å². The number of halogens is 7. The number of rotatable bonds is 5. The van der Waals surface area contributed by atoms with Crippen molar-refractivity contribution < 1.29 is 26.3 Å². The van der Waals surface area contributed by atoms with E-state index in [9.17, 15) is 26.3 Å². The summed E-state index contributed by atoms with van der Waals surface area (Å²) in [7, 11) is 1.42. The number of hydrogen-bond acceptors (Lipinski definition) is 1. The van der Waals surface area contributed by atoms with Crippen LogP contribution >= 0.6 is 24.0 Å². The van der Waals surface area contributed by atoms with Crippen molar-refractivity contribution in [2.45, 2.75) is 25.2 Å². The van der Waals surface area contributed by atoms with Crippen molar-refractivity contribution in [2.75, 3.05) is 20.1 Å². The van der Waals surface area contributed by atoms with Gasteiger partial charge in [0, 0.05) is 20.1 Å². The summed E-state index contributed by atoms with van der Waals surface area (Å²) >= 11 is 0. The van der Waals surface area contributed by atoms with Crippen molar-refractivity contribution in [3.05, 3.63) is 35.4 Å². The van der Waals surface area contributed by atoms with Gasteiger partial charge in [0.1, 0.15) is 0 Å². The lowest BCUT2D eigenvalue weighted by molar-refractivity contribution is -0.137. The summed E-state index contributed by atoms with van der Waals surface area (Å²) in [5, 5.41) is 5.31. The second kappa shape index (κ2) is 9.94. The first-order valence-electron chi connectivity index (χ1n) is 6.79. The summed E-state index contributed by atoms with van der Waals surface area (Å²) in [6.45, 7) is 0.0283. The fourth-order valence-electron chi connectivity index (χ4n) is 1.73. The van der Waals surface area contributed by atoms with Crippen LogP contribution in [-0.2, 0) is 12.6 Å². The van der Waals surface area contributed by atoms with E-state index in [0.717, 1.165) is 12.1 Å². The third kappa shape index (κ3) is 9.18. The van der Waals surface area contributed by atoms with Gasteiger partial charge in [-0.3, -0.25) is 4.99 Å². The topological polar surface area (TPSA) is 36.4 Å². The smallest absolute Gasteiger partial charge is 0.356 e. The number of nitrogens with one attached hydrogen (secondary N) is 2. The van der Waals surface area contributed by atoms with Gasteiger partial charge in [-0.15, -0.1) is 24.0 Å². The molecule has 0 aliphatic rings. The van der Waals surface area contributed by atoms with Crippen molar-refractivity contribution in [3.8, 4) is 0 Å². The number of guanidine groups is 1. The molecule has 1 aromatic rings. The van der Waals surface area contributed by atoms with Crippen LogP contribution in [0.5, 0.6) is 0 Å². The second-order valence-corrected chi connectivity index (χ2v) is 4.74. The Morgan fingerprint density at radius 1 is 0.958 bits per heavy atom. The molecular formula is C14H18F6IN3. The Bertz CT molecular complexity index is 511. The minimum atomic E-state index is -4.37. The first-order valence-corrected chi connectivity index (χ1v) is 6.79. The van der Waals surface area contributed by atoms with Gasteiger partial charge < -0.3 is 10.6 Å². The molecule has 3 nitrogen and oxygen atoms in total. The average Bonchev–Trinajstić information content (AvgIpc) is 2.44. The van der Waals surface area contributed by atoms with Gasteiger partial charge in [0.15, 0.2) is 5.96 Å². The molecule has 0 heterocycles. The fraction of sp³-hybridized carbons (Fsp3) is 0.500.